The van der Waals surface area contributed by atoms with Crippen molar-refractivity contribution in [3.63, 3.8) is 0 Å². The van der Waals surface area contributed by atoms with Gasteiger partial charge in [0.2, 0.25) is 17.7 Å². The van der Waals surface area contributed by atoms with Crippen molar-refractivity contribution in [2.24, 2.45) is 5.92 Å². The number of nitrogens with one attached hydrogen (secondary N) is 3. The van der Waals surface area contributed by atoms with E-state index in [0.29, 0.717) is 19.5 Å². The number of ether oxygens (including phenoxy) is 1. The summed E-state index contributed by atoms with van der Waals surface area (Å²) in [6.45, 7) is 8.66. The second kappa shape index (κ2) is 14.6. The second-order valence-electron chi connectivity index (χ2n) is 10.4. The number of nitrogens with zero attached hydrogens (tertiary/aromatic N) is 2. The summed E-state index contributed by atoms with van der Waals surface area (Å²) in [5.74, 6) is 0.0371. The van der Waals surface area contributed by atoms with E-state index in [0.717, 1.165) is 36.1 Å². The Hall–Kier alpha value is -3.46. The van der Waals surface area contributed by atoms with Crippen molar-refractivity contribution in [1.82, 2.24) is 25.8 Å². The summed E-state index contributed by atoms with van der Waals surface area (Å²) in [7, 11) is 1.64. The average Bonchev–Trinajstić information content (AvgIpc) is 2.94. The van der Waals surface area contributed by atoms with E-state index < -0.39 is 18.1 Å². The third kappa shape index (κ3) is 8.51. The number of rotatable bonds is 4. The summed E-state index contributed by atoms with van der Waals surface area (Å²) >= 11 is 0. The molecule has 0 fully saturated rings. The van der Waals surface area contributed by atoms with E-state index in [-0.39, 0.29) is 29.7 Å². The highest BCUT2D eigenvalue weighted by Gasteiger charge is 2.33. The van der Waals surface area contributed by atoms with Crippen molar-refractivity contribution in [3.8, 4) is 5.75 Å². The molecule has 1 aliphatic rings. The molecule has 39 heavy (non-hydrogen) atoms. The van der Waals surface area contributed by atoms with Crippen LogP contribution in [0, 0.1) is 5.92 Å². The molecule has 2 aromatic rings. The lowest BCUT2D eigenvalue weighted by molar-refractivity contribution is -0.141. The van der Waals surface area contributed by atoms with E-state index in [1.807, 2.05) is 57.2 Å². The molecular weight excluding hydrogens is 494 g/mol. The van der Waals surface area contributed by atoms with E-state index in [4.69, 9.17) is 4.74 Å². The van der Waals surface area contributed by atoms with Crippen LogP contribution in [0.2, 0.25) is 0 Å². The summed E-state index contributed by atoms with van der Waals surface area (Å²) in [4.78, 5) is 45.6. The highest BCUT2D eigenvalue weighted by molar-refractivity contribution is 5.93. The zero-order valence-electron chi connectivity index (χ0n) is 23.8. The van der Waals surface area contributed by atoms with Crippen molar-refractivity contribution in [1.29, 1.82) is 0 Å². The van der Waals surface area contributed by atoms with Crippen molar-refractivity contribution >= 4 is 17.7 Å². The SMILES string of the molecule is CCC(C)[C@@H]1NC[C@@H](C)Oc2ccccc2CCCNC(=O)[C@@H](Cc2ccncc2)NC(=O)[C@@H](C)N(C)C1=O. The van der Waals surface area contributed by atoms with Crippen molar-refractivity contribution in [3.05, 3.63) is 59.9 Å². The largest absolute Gasteiger partial charge is 0.489 e. The minimum absolute atomic E-state index is 0.0468. The molecule has 9 heteroatoms. The quantitative estimate of drug-likeness (QED) is 0.553. The number of aryl methyl sites for hydroxylation is 1. The Morgan fingerprint density at radius 2 is 1.79 bits per heavy atom. The molecule has 2 heterocycles. The number of hydrogen-bond acceptors (Lipinski definition) is 6. The molecule has 1 aliphatic heterocycles. The molecule has 9 nitrogen and oxygen atoms in total. The number of carbonyl (C=O) groups excluding carboxylic acids is 3. The molecule has 0 bridgehead atoms. The van der Waals surface area contributed by atoms with Gasteiger partial charge in [0.15, 0.2) is 0 Å². The van der Waals surface area contributed by atoms with Gasteiger partial charge in [-0.2, -0.15) is 0 Å². The summed E-state index contributed by atoms with van der Waals surface area (Å²) in [5.41, 5.74) is 1.94. The maximum absolute atomic E-state index is 13.6. The van der Waals surface area contributed by atoms with Gasteiger partial charge >= 0.3 is 0 Å². The summed E-state index contributed by atoms with van der Waals surface area (Å²) in [6.07, 6.45) is 5.71. The minimum Gasteiger partial charge on any atom is -0.489 e. The average molecular weight is 538 g/mol. The fraction of sp³-hybridized carbons (Fsp3) is 0.533. The number of aromatic nitrogens is 1. The summed E-state index contributed by atoms with van der Waals surface area (Å²) in [6, 6.07) is 9.52. The van der Waals surface area contributed by atoms with Crippen molar-refractivity contribution < 1.29 is 19.1 Å². The predicted molar refractivity (Wildman–Crippen MR) is 151 cm³/mol. The minimum atomic E-state index is -0.787. The summed E-state index contributed by atoms with van der Waals surface area (Å²) < 4.78 is 6.26. The first-order valence-electron chi connectivity index (χ1n) is 13.9. The fourth-order valence-corrected chi connectivity index (χ4v) is 4.60. The number of pyridine rings is 1. The standard InChI is InChI=1S/C30H43N5O4/c1-6-20(2)27-30(38)35(5)22(4)28(36)34-25(18-23-13-16-31-17-14-23)29(37)32-15-9-11-24-10-7-8-12-26(24)39-21(3)19-33-27/h7-8,10,12-14,16-17,20-22,25,27,33H,6,9,11,15,18-19H2,1-5H3,(H,32,37)(H,34,36)/t20?,21-,22-,25-,27+/m1/s1. The molecule has 0 saturated heterocycles. The Balaban J connectivity index is 1.88. The maximum Gasteiger partial charge on any atom is 0.243 e. The highest BCUT2D eigenvalue weighted by atomic mass is 16.5. The summed E-state index contributed by atoms with van der Waals surface area (Å²) in [5, 5.41) is 9.28. The molecule has 0 aliphatic carbocycles. The number of hydrogen-bond donors (Lipinski definition) is 3. The fourth-order valence-electron chi connectivity index (χ4n) is 4.60. The van der Waals surface area contributed by atoms with Crippen molar-refractivity contribution in [2.75, 3.05) is 20.1 Å². The van der Waals surface area contributed by atoms with Gasteiger partial charge in [0.1, 0.15) is 23.9 Å². The van der Waals surface area contributed by atoms with Crippen LogP contribution in [0.25, 0.3) is 0 Å². The van der Waals surface area contributed by atoms with Crippen LogP contribution in [0.15, 0.2) is 48.8 Å². The third-order valence-electron chi connectivity index (χ3n) is 7.46. The van der Waals surface area contributed by atoms with Gasteiger partial charge in [-0.25, -0.2) is 0 Å². The van der Waals surface area contributed by atoms with Gasteiger partial charge in [0.25, 0.3) is 0 Å². The molecule has 1 aromatic carbocycles. The Labute approximate surface area is 232 Å². The number of benzene rings is 1. The Morgan fingerprint density at radius 3 is 2.51 bits per heavy atom. The molecule has 3 N–H and O–H groups in total. The Morgan fingerprint density at radius 1 is 1.08 bits per heavy atom. The molecule has 0 radical (unpaired) electrons. The topological polar surface area (TPSA) is 113 Å². The molecule has 0 spiro atoms. The highest BCUT2D eigenvalue weighted by Crippen LogP contribution is 2.21. The van der Waals surface area contributed by atoms with Gasteiger partial charge in [-0.05, 0) is 61.9 Å². The second-order valence-corrected chi connectivity index (χ2v) is 10.4. The lowest BCUT2D eigenvalue weighted by atomic mass is 9.97. The van der Waals surface area contributed by atoms with Crippen LogP contribution in [0.1, 0.15) is 51.7 Å². The molecule has 3 rings (SSSR count). The smallest absolute Gasteiger partial charge is 0.243 e. The number of fused-ring (bicyclic) bond motifs is 1. The lowest BCUT2D eigenvalue weighted by Gasteiger charge is -2.33. The molecule has 0 saturated carbocycles. The van der Waals surface area contributed by atoms with Gasteiger partial charge in [0.05, 0.1) is 6.04 Å². The molecule has 1 aromatic heterocycles. The third-order valence-corrected chi connectivity index (χ3v) is 7.46. The molecule has 5 atom stereocenters. The van der Waals surface area contributed by atoms with E-state index in [1.165, 1.54) is 4.90 Å². The van der Waals surface area contributed by atoms with Crippen LogP contribution in [0.3, 0.4) is 0 Å². The Bertz CT molecular complexity index is 1100. The van der Waals surface area contributed by atoms with Crippen LogP contribution in [-0.2, 0) is 27.2 Å². The molecule has 212 valence electrons. The van der Waals surface area contributed by atoms with E-state index in [9.17, 15) is 14.4 Å². The molecule has 1 unspecified atom stereocenters. The predicted octanol–water partition coefficient (Wildman–Crippen LogP) is 2.49. The first-order chi connectivity index (χ1) is 18.7. The van der Waals surface area contributed by atoms with E-state index in [1.54, 1.807) is 26.4 Å². The van der Waals surface area contributed by atoms with Gasteiger partial charge < -0.3 is 25.6 Å². The van der Waals surface area contributed by atoms with E-state index in [2.05, 4.69) is 20.9 Å². The Kier molecular flexibility index (Phi) is 11.3. The zero-order valence-corrected chi connectivity index (χ0v) is 23.8. The normalized spacial score (nSPS) is 24.8. The van der Waals surface area contributed by atoms with Crippen molar-refractivity contribution in [2.45, 2.75) is 77.6 Å². The van der Waals surface area contributed by atoms with E-state index >= 15 is 0 Å². The van der Waals surface area contributed by atoms with Crippen LogP contribution in [0.4, 0.5) is 0 Å². The number of likely N-dealkylation sites (N-methyl/N-ethyl adjacent to an activating group) is 1. The maximum atomic E-state index is 13.6. The van der Waals surface area contributed by atoms with Crippen LogP contribution < -0.4 is 20.7 Å². The van der Waals surface area contributed by atoms with Gasteiger partial charge in [0, 0.05) is 39.0 Å². The molecule has 3 amide bonds. The number of para-hydroxylation sites is 1. The zero-order chi connectivity index (χ0) is 28.4. The van der Waals surface area contributed by atoms with Gasteiger partial charge in [-0.15, -0.1) is 0 Å². The van der Waals surface area contributed by atoms with Gasteiger partial charge in [-0.3, -0.25) is 19.4 Å². The first-order valence-corrected chi connectivity index (χ1v) is 13.9. The van der Waals surface area contributed by atoms with Crippen LogP contribution >= 0.6 is 0 Å². The van der Waals surface area contributed by atoms with Crippen LogP contribution in [0.5, 0.6) is 5.75 Å². The molecular formula is C30H43N5O4. The lowest BCUT2D eigenvalue weighted by Crippen LogP contribution is -2.57. The monoisotopic (exact) mass is 537 g/mol. The van der Waals surface area contributed by atoms with Gasteiger partial charge in [-0.1, -0.05) is 38.5 Å². The number of amides is 3. The van der Waals surface area contributed by atoms with Crippen LogP contribution in [-0.4, -0.2) is 72.0 Å². The number of carbonyl (C=O) groups is 3. The first kappa shape index (κ1) is 30.1.